The largest absolute Gasteiger partial charge is 0.385 e. The van der Waals surface area contributed by atoms with E-state index >= 15 is 0 Å². The molecule has 0 spiro atoms. The molecule has 0 saturated carbocycles. The van der Waals surface area contributed by atoms with Crippen LogP contribution in [0, 0.1) is 11.3 Å². The number of nitrogens with zero attached hydrogens (tertiary/aromatic N) is 1. The molecular weight excluding hydrogens is 290 g/mol. The summed E-state index contributed by atoms with van der Waals surface area (Å²) in [6, 6.07) is 9.79. The number of rotatable bonds is 7. The number of para-hydroxylation sites is 1. The third-order valence-electron chi connectivity index (χ3n) is 3.28. The minimum absolute atomic E-state index is 0.0351. The number of ether oxygens (including phenoxy) is 1. The van der Waals surface area contributed by atoms with E-state index in [2.05, 4.69) is 31.4 Å². The van der Waals surface area contributed by atoms with E-state index < -0.39 is 0 Å². The fraction of sp³-hybridized carbons (Fsp3) is 0.444. The van der Waals surface area contributed by atoms with E-state index in [0.717, 1.165) is 11.3 Å². The van der Waals surface area contributed by atoms with Crippen LogP contribution in [-0.2, 0) is 14.9 Å². The summed E-state index contributed by atoms with van der Waals surface area (Å²) in [5.41, 5.74) is 2.02. The molecule has 0 bridgehead atoms. The number of nitrogens with one attached hydrogen (secondary N) is 2. The molecule has 0 heterocycles. The van der Waals surface area contributed by atoms with Crippen molar-refractivity contribution in [2.75, 3.05) is 25.6 Å². The van der Waals surface area contributed by atoms with Gasteiger partial charge in [-0.2, -0.15) is 5.26 Å². The van der Waals surface area contributed by atoms with Crippen LogP contribution >= 0.6 is 0 Å². The van der Waals surface area contributed by atoms with Crippen molar-refractivity contribution >= 4 is 11.6 Å². The molecule has 0 atom stereocenters. The average Bonchev–Trinajstić information content (AvgIpc) is 2.51. The fourth-order valence-corrected chi connectivity index (χ4v) is 2.08. The van der Waals surface area contributed by atoms with E-state index in [4.69, 9.17) is 10.00 Å². The van der Waals surface area contributed by atoms with E-state index in [1.165, 1.54) is 6.20 Å². The molecule has 0 radical (unpaired) electrons. The van der Waals surface area contributed by atoms with Crippen LogP contribution in [0.4, 0.5) is 5.69 Å². The second kappa shape index (κ2) is 8.96. The highest BCUT2D eigenvalue weighted by Crippen LogP contribution is 2.29. The quantitative estimate of drug-likeness (QED) is 0.461. The zero-order chi connectivity index (χ0) is 17.3. The van der Waals surface area contributed by atoms with Crippen LogP contribution in [0.5, 0.6) is 0 Å². The van der Waals surface area contributed by atoms with Crippen molar-refractivity contribution in [2.45, 2.75) is 32.6 Å². The standard InChI is InChI=1S/C18H25N3O2/c1-18(2,3)15-8-5-6-9-16(15)21-13-14(12-19)17(22)20-10-7-11-23-4/h5-6,8-9,13,21H,7,10-11H2,1-4H3,(H,20,22)/b14-13-. The van der Waals surface area contributed by atoms with Gasteiger partial charge in [0.1, 0.15) is 11.6 Å². The molecule has 0 aliphatic heterocycles. The maximum Gasteiger partial charge on any atom is 0.263 e. The third-order valence-corrected chi connectivity index (χ3v) is 3.28. The first-order valence-electron chi connectivity index (χ1n) is 7.63. The monoisotopic (exact) mass is 315 g/mol. The van der Waals surface area contributed by atoms with Gasteiger partial charge in [-0.05, 0) is 23.5 Å². The number of benzene rings is 1. The van der Waals surface area contributed by atoms with Gasteiger partial charge in [0, 0.05) is 32.1 Å². The lowest BCUT2D eigenvalue weighted by molar-refractivity contribution is -0.117. The van der Waals surface area contributed by atoms with Gasteiger partial charge in [-0.25, -0.2) is 0 Å². The summed E-state index contributed by atoms with van der Waals surface area (Å²) >= 11 is 0. The minimum atomic E-state index is -0.385. The lowest BCUT2D eigenvalue weighted by atomic mass is 9.86. The van der Waals surface area contributed by atoms with Crippen molar-refractivity contribution in [3.63, 3.8) is 0 Å². The van der Waals surface area contributed by atoms with Crippen molar-refractivity contribution in [3.05, 3.63) is 41.6 Å². The highest BCUT2D eigenvalue weighted by atomic mass is 16.5. The summed E-state index contributed by atoms with van der Waals surface area (Å²) < 4.78 is 4.92. The lowest BCUT2D eigenvalue weighted by Gasteiger charge is -2.22. The molecule has 0 aliphatic rings. The molecule has 2 N–H and O–H groups in total. The van der Waals surface area contributed by atoms with Crippen LogP contribution < -0.4 is 10.6 Å². The molecule has 0 fully saturated rings. The van der Waals surface area contributed by atoms with Crippen molar-refractivity contribution < 1.29 is 9.53 Å². The molecule has 1 aromatic rings. The summed E-state index contributed by atoms with van der Waals surface area (Å²) in [6.45, 7) is 7.40. The number of hydrogen-bond donors (Lipinski definition) is 2. The smallest absolute Gasteiger partial charge is 0.263 e. The highest BCUT2D eigenvalue weighted by molar-refractivity contribution is 5.97. The molecule has 0 unspecified atom stereocenters. The first-order valence-corrected chi connectivity index (χ1v) is 7.63. The molecule has 124 valence electrons. The number of hydrogen-bond acceptors (Lipinski definition) is 4. The normalized spacial score (nSPS) is 11.7. The van der Waals surface area contributed by atoms with Crippen LogP contribution in [0.3, 0.4) is 0 Å². The van der Waals surface area contributed by atoms with E-state index in [1.54, 1.807) is 7.11 Å². The fourth-order valence-electron chi connectivity index (χ4n) is 2.08. The molecule has 23 heavy (non-hydrogen) atoms. The molecule has 0 aromatic heterocycles. The number of methoxy groups -OCH3 is 1. The van der Waals surface area contributed by atoms with Gasteiger partial charge in [-0.1, -0.05) is 39.0 Å². The predicted octanol–water partition coefficient (Wildman–Crippen LogP) is 2.96. The third kappa shape index (κ3) is 6.13. The van der Waals surface area contributed by atoms with Crippen LogP contribution in [0.1, 0.15) is 32.8 Å². The summed E-state index contributed by atoms with van der Waals surface area (Å²) in [5.74, 6) is -0.385. The molecule has 0 aliphatic carbocycles. The van der Waals surface area contributed by atoms with Gasteiger partial charge in [0.05, 0.1) is 0 Å². The molecule has 0 saturated heterocycles. The predicted molar refractivity (Wildman–Crippen MR) is 92.0 cm³/mol. The van der Waals surface area contributed by atoms with Crippen LogP contribution in [0.2, 0.25) is 0 Å². The Morgan fingerprint density at radius 2 is 2.04 bits per heavy atom. The summed E-state index contributed by atoms with van der Waals surface area (Å²) in [6.07, 6.45) is 2.16. The van der Waals surface area contributed by atoms with Gasteiger partial charge < -0.3 is 15.4 Å². The molecule has 5 heteroatoms. The Morgan fingerprint density at radius 3 is 2.65 bits per heavy atom. The number of amides is 1. The molecule has 1 amide bonds. The van der Waals surface area contributed by atoms with Gasteiger partial charge in [0.25, 0.3) is 5.91 Å². The van der Waals surface area contributed by atoms with E-state index in [-0.39, 0.29) is 16.9 Å². The van der Waals surface area contributed by atoms with Crippen LogP contribution in [-0.4, -0.2) is 26.2 Å². The van der Waals surface area contributed by atoms with E-state index in [9.17, 15) is 4.79 Å². The second-order valence-corrected chi connectivity index (χ2v) is 6.21. The molecule has 1 rings (SSSR count). The van der Waals surface area contributed by atoms with Crippen molar-refractivity contribution in [2.24, 2.45) is 0 Å². The number of anilines is 1. The SMILES string of the molecule is COCCCNC(=O)/C(C#N)=C\Nc1ccccc1C(C)(C)C. The van der Waals surface area contributed by atoms with Crippen LogP contribution in [0.15, 0.2) is 36.0 Å². The highest BCUT2D eigenvalue weighted by Gasteiger charge is 2.17. The average molecular weight is 315 g/mol. The second-order valence-electron chi connectivity index (χ2n) is 6.21. The molecule has 5 nitrogen and oxygen atoms in total. The van der Waals surface area contributed by atoms with E-state index in [0.29, 0.717) is 19.6 Å². The van der Waals surface area contributed by atoms with Crippen LogP contribution in [0.25, 0.3) is 0 Å². The number of carbonyl (C=O) groups excluding carboxylic acids is 1. The van der Waals surface area contributed by atoms with E-state index in [1.807, 2.05) is 30.3 Å². The van der Waals surface area contributed by atoms with Gasteiger partial charge in [-0.3, -0.25) is 4.79 Å². The number of nitriles is 1. The van der Waals surface area contributed by atoms with Crippen molar-refractivity contribution in [1.82, 2.24) is 5.32 Å². The van der Waals surface area contributed by atoms with Gasteiger partial charge in [0.2, 0.25) is 0 Å². The Morgan fingerprint density at radius 1 is 1.35 bits per heavy atom. The van der Waals surface area contributed by atoms with Crippen molar-refractivity contribution in [1.29, 1.82) is 5.26 Å². The summed E-state index contributed by atoms with van der Waals surface area (Å²) in [4.78, 5) is 12.0. The first-order chi connectivity index (χ1) is 10.9. The van der Waals surface area contributed by atoms with Gasteiger partial charge in [-0.15, -0.1) is 0 Å². The Balaban J connectivity index is 2.78. The number of carbonyl (C=O) groups is 1. The molecule has 1 aromatic carbocycles. The van der Waals surface area contributed by atoms with Gasteiger partial charge >= 0.3 is 0 Å². The first kappa shape index (κ1) is 18.7. The topological polar surface area (TPSA) is 74.1 Å². The Kier molecular flexibility index (Phi) is 7.30. The minimum Gasteiger partial charge on any atom is -0.385 e. The zero-order valence-corrected chi connectivity index (χ0v) is 14.3. The Hall–Kier alpha value is -2.32. The van der Waals surface area contributed by atoms with Crippen molar-refractivity contribution in [3.8, 4) is 6.07 Å². The maximum absolute atomic E-state index is 12.0. The molecular formula is C18H25N3O2. The summed E-state index contributed by atoms with van der Waals surface area (Å²) in [7, 11) is 1.61. The Bertz CT molecular complexity index is 595. The zero-order valence-electron chi connectivity index (χ0n) is 14.3. The summed E-state index contributed by atoms with van der Waals surface area (Å²) in [5, 5.41) is 14.9. The van der Waals surface area contributed by atoms with Gasteiger partial charge in [0.15, 0.2) is 0 Å². The Labute approximate surface area is 138 Å². The maximum atomic E-state index is 12.0. The lowest BCUT2D eigenvalue weighted by Crippen LogP contribution is -2.26.